The first kappa shape index (κ1) is 3.85. The van der Waals surface area contributed by atoms with Crippen LogP contribution in [0.5, 0.6) is 0 Å². The summed E-state index contributed by atoms with van der Waals surface area (Å²) in [5, 5.41) is 0. The van der Waals surface area contributed by atoms with Crippen LogP contribution in [-0.4, -0.2) is 0 Å². The number of hydrogen-bond acceptors (Lipinski definition) is 0. The molecule has 0 aromatic rings. The first-order valence-electron chi connectivity index (χ1n) is 2.15. The quantitative estimate of drug-likeness (QED) is 0.422. The first-order chi connectivity index (χ1) is 2.79. The van der Waals surface area contributed by atoms with Gasteiger partial charge in [0, 0.05) is 6.42 Å². The largest absolute Gasteiger partial charge is 0.212 e. The monoisotopic (exact) mass is 86.1 g/mol. The van der Waals surface area contributed by atoms with Crippen molar-refractivity contribution in [2.24, 2.45) is 5.92 Å². The zero-order valence-corrected chi connectivity index (χ0v) is 3.74. The Morgan fingerprint density at radius 3 is 2.50 bits per heavy atom. The Morgan fingerprint density at radius 2 is 2.50 bits per heavy atom. The van der Waals surface area contributed by atoms with Gasteiger partial charge in [0.05, 0.1) is 5.83 Å². The highest BCUT2D eigenvalue weighted by Gasteiger charge is 2.11. The van der Waals surface area contributed by atoms with Crippen LogP contribution >= 0.6 is 0 Å². The predicted molar refractivity (Wildman–Crippen MR) is 23.0 cm³/mol. The van der Waals surface area contributed by atoms with Gasteiger partial charge < -0.3 is 0 Å². The molecule has 0 radical (unpaired) electrons. The Bertz CT molecular complexity index is 83.9. The maximum Gasteiger partial charge on any atom is 0.0968 e. The van der Waals surface area contributed by atoms with Gasteiger partial charge in [-0.15, -0.1) is 0 Å². The van der Waals surface area contributed by atoms with Crippen molar-refractivity contribution in [1.29, 1.82) is 0 Å². The van der Waals surface area contributed by atoms with E-state index in [1.54, 1.807) is 6.08 Å². The van der Waals surface area contributed by atoms with Gasteiger partial charge in [0.15, 0.2) is 0 Å². The molecule has 0 aromatic carbocycles. The van der Waals surface area contributed by atoms with Gasteiger partial charge in [0.2, 0.25) is 0 Å². The first-order valence-corrected chi connectivity index (χ1v) is 2.15. The van der Waals surface area contributed by atoms with Crippen molar-refractivity contribution in [2.45, 2.75) is 13.3 Å². The van der Waals surface area contributed by atoms with Crippen LogP contribution in [-0.2, 0) is 0 Å². The maximum absolute atomic E-state index is 11.6. The molecular formula is C5H7F. The topological polar surface area (TPSA) is 0 Å². The Balaban J connectivity index is 2.46. The van der Waals surface area contributed by atoms with Crippen LogP contribution in [0.1, 0.15) is 13.3 Å². The lowest BCUT2D eigenvalue weighted by Crippen LogP contribution is -2.00. The molecular weight excluding hydrogens is 79.1 g/mol. The lowest BCUT2D eigenvalue weighted by atomic mass is 9.97. The molecule has 0 N–H and O–H groups in total. The van der Waals surface area contributed by atoms with Crippen molar-refractivity contribution in [1.82, 2.24) is 0 Å². The molecule has 0 amide bonds. The van der Waals surface area contributed by atoms with Gasteiger partial charge in [-0.25, -0.2) is 4.39 Å². The van der Waals surface area contributed by atoms with E-state index in [0.717, 1.165) is 0 Å². The summed E-state index contributed by atoms with van der Waals surface area (Å²) in [5.41, 5.74) is 0. The van der Waals surface area contributed by atoms with Crippen LogP contribution in [0.3, 0.4) is 0 Å². The molecule has 1 aliphatic carbocycles. The molecule has 0 nitrogen and oxygen atoms in total. The molecule has 1 heteroatoms. The Labute approximate surface area is 36.7 Å². The fourth-order valence-corrected chi connectivity index (χ4v) is 0.583. The zero-order valence-electron chi connectivity index (χ0n) is 3.74. The van der Waals surface area contributed by atoms with Gasteiger partial charge in [-0.2, -0.15) is 0 Å². The summed E-state index contributed by atoms with van der Waals surface area (Å²) in [6.45, 7) is 2.00. The molecule has 0 saturated heterocycles. The normalized spacial score (nSPS) is 31.7. The van der Waals surface area contributed by atoms with E-state index in [0.29, 0.717) is 12.3 Å². The summed E-state index contributed by atoms with van der Waals surface area (Å²) in [4.78, 5) is 0. The smallest absolute Gasteiger partial charge is 0.0968 e. The molecule has 0 unspecified atom stereocenters. The third kappa shape index (κ3) is 0.445. The molecule has 0 heterocycles. The fraction of sp³-hybridized carbons (Fsp3) is 0.600. The molecule has 0 aliphatic heterocycles. The van der Waals surface area contributed by atoms with Crippen LogP contribution < -0.4 is 0 Å². The molecule has 0 spiro atoms. The van der Waals surface area contributed by atoms with Gasteiger partial charge in [-0.05, 0) is 12.0 Å². The van der Waals surface area contributed by atoms with E-state index in [4.69, 9.17) is 0 Å². The minimum absolute atomic E-state index is 0.0579. The predicted octanol–water partition coefficient (Wildman–Crippen LogP) is 1.88. The highest BCUT2D eigenvalue weighted by molar-refractivity contribution is 5.07. The van der Waals surface area contributed by atoms with Gasteiger partial charge >= 0.3 is 0 Å². The van der Waals surface area contributed by atoms with Gasteiger partial charge in [-0.1, -0.05) is 6.92 Å². The number of allylic oxidation sites excluding steroid dienone is 2. The van der Waals surface area contributed by atoms with Crippen molar-refractivity contribution < 1.29 is 4.39 Å². The minimum atomic E-state index is 0.0579. The van der Waals surface area contributed by atoms with E-state index in [1.165, 1.54) is 0 Å². The van der Waals surface area contributed by atoms with Crippen molar-refractivity contribution >= 4 is 0 Å². The van der Waals surface area contributed by atoms with E-state index in [2.05, 4.69) is 0 Å². The second-order valence-corrected chi connectivity index (χ2v) is 1.79. The molecule has 1 rings (SSSR count). The SMILES string of the molecule is C[C@H]1C=C(F)C1. The Morgan fingerprint density at radius 1 is 2.00 bits per heavy atom. The standard InChI is InChI=1S/C5H7F/c1-4-2-5(6)3-4/h2,4H,3H2,1H3/t4-/m0/s1. The second-order valence-electron chi connectivity index (χ2n) is 1.79. The second kappa shape index (κ2) is 1.07. The van der Waals surface area contributed by atoms with Gasteiger partial charge in [0.1, 0.15) is 0 Å². The third-order valence-electron chi connectivity index (χ3n) is 0.982. The van der Waals surface area contributed by atoms with Crippen LogP contribution in [0, 0.1) is 5.92 Å². The molecule has 0 saturated carbocycles. The number of halogens is 1. The summed E-state index contributed by atoms with van der Waals surface area (Å²) in [7, 11) is 0. The molecule has 0 aromatic heterocycles. The lowest BCUT2D eigenvalue weighted by molar-refractivity contribution is 0.473. The summed E-state index contributed by atoms with van der Waals surface area (Å²) in [6, 6.07) is 0. The van der Waals surface area contributed by atoms with Gasteiger partial charge in [0.25, 0.3) is 0 Å². The summed E-state index contributed by atoms with van der Waals surface area (Å²) >= 11 is 0. The molecule has 1 aliphatic rings. The van der Waals surface area contributed by atoms with Crippen LogP contribution in [0.25, 0.3) is 0 Å². The highest BCUT2D eigenvalue weighted by atomic mass is 19.1. The number of rotatable bonds is 0. The highest BCUT2D eigenvalue weighted by Crippen LogP contribution is 2.24. The van der Waals surface area contributed by atoms with Crippen molar-refractivity contribution in [3.05, 3.63) is 11.9 Å². The maximum atomic E-state index is 11.6. The summed E-state index contributed by atoms with van der Waals surface area (Å²) in [5.74, 6) is 0.563. The molecule has 1 atom stereocenters. The lowest BCUT2D eigenvalue weighted by Gasteiger charge is -2.12. The van der Waals surface area contributed by atoms with Gasteiger partial charge in [-0.3, -0.25) is 0 Å². The van der Waals surface area contributed by atoms with Crippen molar-refractivity contribution in [3.8, 4) is 0 Å². The van der Waals surface area contributed by atoms with Crippen molar-refractivity contribution in [2.75, 3.05) is 0 Å². The van der Waals surface area contributed by atoms with Crippen LogP contribution in [0.15, 0.2) is 11.9 Å². The zero-order chi connectivity index (χ0) is 4.57. The van der Waals surface area contributed by atoms with E-state index in [-0.39, 0.29) is 5.83 Å². The van der Waals surface area contributed by atoms with Crippen molar-refractivity contribution in [3.63, 3.8) is 0 Å². The Kier molecular flexibility index (Phi) is 0.685. The summed E-state index contributed by atoms with van der Waals surface area (Å²) < 4.78 is 11.6. The van der Waals surface area contributed by atoms with E-state index >= 15 is 0 Å². The average Bonchev–Trinajstić information content (AvgIpc) is 1.33. The molecule has 6 heavy (non-hydrogen) atoms. The van der Waals surface area contributed by atoms with E-state index in [9.17, 15) is 4.39 Å². The molecule has 34 valence electrons. The van der Waals surface area contributed by atoms with E-state index < -0.39 is 0 Å². The van der Waals surface area contributed by atoms with Crippen LogP contribution in [0.2, 0.25) is 0 Å². The minimum Gasteiger partial charge on any atom is -0.212 e. The summed E-state index contributed by atoms with van der Waals surface area (Å²) in [6.07, 6.45) is 2.31. The number of hydrogen-bond donors (Lipinski definition) is 0. The van der Waals surface area contributed by atoms with E-state index in [1.807, 2.05) is 6.92 Å². The molecule has 0 bridgehead atoms. The molecule has 0 fully saturated rings. The van der Waals surface area contributed by atoms with Crippen LogP contribution in [0.4, 0.5) is 4.39 Å². The third-order valence-corrected chi connectivity index (χ3v) is 0.982. The average molecular weight is 86.1 g/mol. The fourth-order valence-electron chi connectivity index (χ4n) is 0.583. The Hall–Kier alpha value is -0.330.